The Morgan fingerprint density at radius 2 is 1.62 bits per heavy atom. The molecule has 0 aliphatic heterocycles. The van der Waals surface area contributed by atoms with Crippen LogP contribution in [0.15, 0.2) is 48.5 Å². The van der Waals surface area contributed by atoms with Gasteiger partial charge in [-0.25, -0.2) is 0 Å². The number of benzene rings is 2. The maximum atomic E-state index is 12.8. The summed E-state index contributed by atoms with van der Waals surface area (Å²) < 4.78 is 38.5. The first-order chi connectivity index (χ1) is 9.97. The van der Waals surface area contributed by atoms with Crippen LogP contribution in [0, 0.1) is 0 Å². The first kappa shape index (κ1) is 15.9. The predicted molar refractivity (Wildman–Crippen MR) is 78.3 cm³/mol. The summed E-state index contributed by atoms with van der Waals surface area (Å²) in [5.74, 6) is 0. The summed E-state index contributed by atoms with van der Waals surface area (Å²) in [4.78, 5) is 0. The molecular formula is C16H15ClF3N. The van der Waals surface area contributed by atoms with Gasteiger partial charge in [0.15, 0.2) is 0 Å². The van der Waals surface area contributed by atoms with Crippen molar-refractivity contribution < 1.29 is 13.2 Å². The fourth-order valence-electron chi connectivity index (χ4n) is 2.06. The van der Waals surface area contributed by atoms with Crippen LogP contribution in [0.5, 0.6) is 0 Å². The van der Waals surface area contributed by atoms with E-state index in [1.54, 1.807) is 18.2 Å². The second kappa shape index (κ2) is 6.96. The fraction of sp³-hybridized carbons (Fsp3) is 0.250. The van der Waals surface area contributed by atoms with Crippen LogP contribution in [-0.4, -0.2) is 6.54 Å². The Kier molecular flexibility index (Phi) is 5.26. The third-order valence-corrected chi connectivity index (χ3v) is 3.39. The molecule has 0 radical (unpaired) electrons. The lowest BCUT2D eigenvalue weighted by molar-refractivity contribution is -0.138. The Hall–Kier alpha value is -1.52. The van der Waals surface area contributed by atoms with E-state index in [4.69, 9.17) is 11.6 Å². The van der Waals surface area contributed by atoms with Gasteiger partial charge in [0, 0.05) is 11.6 Å². The molecule has 0 saturated carbocycles. The minimum absolute atomic E-state index is 0.198. The summed E-state index contributed by atoms with van der Waals surface area (Å²) in [7, 11) is 0. The van der Waals surface area contributed by atoms with Gasteiger partial charge in [-0.15, -0.1) is 0 Å². The van der Waals surface area contributed by atoms with E-state index >= 15 is 0 Å². The summed E-state index contributed by atoms with van der Waals surface area (Å²) >= 11 is 5.79. The van der Waals surface area contributed by atoms with E-state index in [2.05, 4.69) is 5.32 Å². The molecule has 0 spiro atoms. The average molecular weight is 314 g/mol. The molecule has 0 aliphatic carbocycles. The number of nitrogens with one attached hydrogen (secondary N) is 1. The van der Waals surface area contributed by atoms with Gasteiger partial charge >= 0.3 is 6.18 Å². The van der Waals surface area contributed by atoms with Crippen molar-refractivity contribution >= 4 is 11.6 Å². The molecule has 0 bridgehead atoms. The van der Waals surface area contributed by atoms with Crippen LogP contribution in [0.2, 0.25) is 5.02 Å². The second-order valence-electron chi connectivity index (χ2n) is 4.71. The Morgan fingerprint density at radius 3 is 2.29 bits per heavy atom. The smallest absolute Gasteiger partial charge is 0.312 e. The molecule has 1 N–H and O–H groups in total. The maximum absolute atomic E-state index is 12.8. The standard InChI is InChI=1S/C16H15ClF3N/c17-14-7-5-12(6-8-14)9-10-21-11-13-3-1-2-4-15(13)16(18,19)20/h1-8,21H,9-11H2. The predicted octanol–water partition coefficient (Wildman–Crippen LogP) is 4.69. The van der Waals surface area contributed by atoms with Gasteiger partial charge in [-0.1, -0.05) is 41.9 Å². The van der Waals surface area contributed by atoms with E-state index in [1.165, 1.54) is 12.1 Å². The molecule has 112 valence electrons. The van der Waals surface area contributed by atoms with Crippen LogP contribution >= 0.6 is 11.6 Å². The Labute approximate surface area is 126 Å². The van der Waals surface area contributed by atoms with Crippen molar-refractivity contribution in [1.82, 2.24) is 5.32 Å². The summed E-state index contributed by atoms with van der Waals surface area (Å²) in [6.45, 7) is 0.803. The third-order valence-electron chi connectivity index (χ3n) is 3.14. The van der Waals surface area contributed by atoms with E-state index in [0.717, 1.165) is 18.1 Å². The van der Waals surface area contributed by atoms with Crippen LogP contribution in [-0.2, 0) is 19.1 Å². The number of hydrogen-bond donors (Lipinski definition) is 1. The minimum atomic E-state index is -4.31. The van der Waals surface area contributed by atoms with E-state index in [9.17, 15) is 13.2 Å². The molecule has 0 atom stereocenters. The molecule has 0 amide bonds. The Bertz CT molecular complexity index is 579. The van der Waals surface area contributed by atoms with Gasteiger partial charge in [-0.05, 0) is 42.3 Å². The molecule has 21 heavy (non-hydrogen) atoms. The zero-order chi connectivity index (χ0) is 15.3. The van der Waals surface area contributed by atoms with Gasteiger partial charge in [0.05, 0.1) is 5.56 Å². The van der Waals surface area contributed by atoms with Gasteiger partial charge in [-0.3, -0.25) is 0 Å². The van der Waals surface area contributed by atoms with Gasteiger partial charge in [0.25, 0.3) is 0 Å². The summed E-state index contributed by atoms with van der Waals surface area (Å²) in [6.07, 6.45) is -3.57. The maximum Gasteiger partial charge on any atom is 0.416 e. The quantitative estimate of drug-likeness (QED) is 0.790. The number of halogens is 4. The van der Waals surface area contributed by atoms with E-state index in [1.807, 2.05) is 12.1 Å². The first-order valence-electron chi connectivity index (χ1n) is 6.57. The van der Waals surface area contributed by atoms with Crippen molar-refractivity contribution in [3.8, 4) is 0 Å². The van der Waals surface area contributed by atoms with E-state index in [0.29, 0.717) is 11.6 Å². The Morgan fingerprint density at radius 1 is 0.952 bits per heavy atom. The highest BCUT2D eigenvalue weighted by molar-refractivity contribution is 6.30. The van der Waals surface area contributed by atoms with Gasteiger partial charge < -0.3 is 5.32 Å². The van der Waals surface area contributed by atoms with E-state index < -0.39 is 11.7 Å². The highest BCUT2D eigenvalue weighted by Crippen LogP contribution is 2.31. The Balaban J connectivity index is 1.88. The molecule has 2 aromatic rings. The first-order valence-corrected chi connectivity index (χ1v) is 6.95. The van der Waals surface area contributed by atoms with Crippen molar-refractivity contribution in [2.75, 3.05) is 6.54 Å². The average Bonchev–Trinajstić information content (AvgIpc) is 2.45. The fourth-order valence-corrected chi connectivity index (χ4v) is 2.18. The molecule has 2 rings (SSSR count). The minimum Gasteiger partial charge on any atom is -0.312 e. The van der Waals surface area contributed by atoms with Crippen LogP contribution < -0.4 is 5.32 Å². The third kappa shape index (κ3) is 4.76. The normalized spacial score (nSPS) is 11.6. The second-order valence-corrected chi connectivity index (χ2v) is 5.14. The van der Waals surface area contributed by atoms with Crippen LogP contribution in [0.3, 0.4) is 0 Å². The van der Waals surface area contributed by atoms with E-state index in [-0.39, 0.29) is 12.1 Å². The van der Waals surface area contributed by atoms with Crippen molar-refractivity contribution in [1.29, 1.82) is 0 Å². The summed E-state index contributed by atoms with van der Waals surface area (Å²) in [5.41, 5.74) is 0.779. The lowest BCUT2D eigenvalue weighted by Gasteiger charge is -2.13. The van der Waals surface area contributed by atoms with Crippen molar-refractivity contribution in [3.05, 3.63) is 70.2 Å². The molecule has 0 aliphatic rings. The molecule has 0 aromatic heterocycles. The largest absolute Gasteiger partial charge is 0.416 e. The zero-order valence-electron chi connectivity index (χ0n) is 11.3. The highest BCUT2D eigenvalue weighted by Gasteiger charge is 2.32. The topological polar surface area (TPSA) is 12.0 Å². The van der Waals surface area contributed by atoms with Crippen molar-refractivity contribution in [3.63, 3.8) is 0 Å². The molecule has 0 fully saturated rings. The summed E-state index contributed by atoms with van der Waals surface area (Å²) in [6, 6.07) is 13.0. The monoisotopic (exact) mass is 313 g/mol. The van der Waals surface area contributed by atoms with Gasteiger partial charge in [-0.2, -0.15) is 13.2 Å². The lowest BCUT2D eigenvalue weighted by Crippen LogP contribution is -2.19. The van der Waals surface area contributed by atoms with Crippen molar-refractivity contribution in [2.24, 2.45) is 0 Å². The lowest BCUT2D eigenvalue weighted by atomic mass is 10.1. The van der Waals surface area contributed by atoms with Gasteiger partial charge in [0.2, 0.25) is 0 Å². The SMILES string of the molecule is FC(F)(F)c1ccccc1CNCCc1ccc(Cl)cc1. The van der Waals surface area contributed by atoms with Gasteiger partial charge in [0.1, 0.15) is 0 Å². The molecular weight excluding hydrogens is 299 g/mol. The van der Waals surface area contributed by atoms with Crippen LogP contribution in [0.25, 0.3) is 0 Å². The number of hydrogen-bond acceptors (Lipinski definition) is 1. The molecule has 0 unspecified atom stereocenters. The molecule has 2 aromatic carbocycles. The molecule has 5 heteroatoms. The van der Waals surface area contributed by atoms with Crippen molar-refractivity contribution in [2.45, 2.75) is 19.1 Å². The van der Waals surface area contributed by atoms with Crippen LogP contribution in [0.1, 0.15) is 16.7 Å². The number of rotatable bonds is 5. The molecule has 1 nitrogen and oxygen atoms in total. The molecule has 0 saturated heterocycles. The molecule has 0 heterocycles. The zero-order valence-corrected chi connectivity index (χ0v) is 12.0. The summed E-state index contributed by atoms with van der Waals surface area (Å²) in [5, 5.41) is 3.72. The highest BCUT2D eigenvalue weighted by atomic mass is 35.5. The van der Waals surface area contributed by atoms with Crippen LogP contribution in [0.4, 0.5) is 13.2 Å². The number of alkyl halides is 3.